The van der Waals surface area contributed by atoms with Crippen molar-refractivity contribution in [2.24, 2.45) is 5.92 Å². The van der Waals surface area contributed by atoms with Crippen LogP contribution in [0.3, 0.4) is 0 Å². The van der Waals surface area contributed by atoms with Gasteiger partial charge in [0.15, 0.2) is 0 Å². The molecule has 0 atom stereocenters. The van der Waals surface area contributed by atoms with Crippen LogP contribution >= 0.6 is 0 Å². The molecule has 0 heterocycles. The topological polar surface area (TPSA) is 9.23 Å². The van der Waals surface area contributed by atoms with Gasteiger partial charge in [-0.3, -0.25) is 0 Å². The minimum atomic E-state index is 0. The first-order valence-electron chi connectivity index (χ1n) is 2.09. The summed E-state index contributed by atoms with van der Waals surface area (Å²) in [7, 11) is 0. The molecule has 0 aromatic carbocycles. The summed E-state index contributed by atoms with van der Waals surface area (Å²) in [5.74, 6) is 0.655. The molecule has 0 radical (unpaired) electrons. The zero-order valence-corrected chi connectivity index (χ0v) is 7.69. The van der Waals surface area contributed by atoms with Gasteiger partial charge < -0.3 is 24.8 Å². The van der Waals surface area contributed by atoms with E-state index in [1.165, 1.54) is 0 Å². The Kier molecular flexibility index (Phi) is 21.9. The minimum absolute atomic E-state index is 0. The summed E-state index contributed by atoms with van der Waals surface area (Å²) in [5, 5.41) is 0. The van der Waals surface area contributed by atoms with Gasteiger partial charge in [0.05, 0.1) is 0 Å². The van der Waals surface area contributed by atoms with E-state index in [1.54, 1.807) is 0 Å². The molecule has 0 rings (SSSR count). The van der Waals surface area contributed by atoms with E-state index in [9.17, 15) is 0 Å². The molecule has 0 aliphatic heterocycles. The first kappa shape index (κ1) is 16.0. The Bertz CT molecular complexity index is 35.2. The van der Waals surface area contributed by atoms with Crippen molar-refractivity contribution in [2.45, 2.75) is 13.8 Å². The third-order valence-electron chi connectivity index (χ3n) is 0.430. The summed E-state index contributed by atoms with van der Waals surface area (Å²) >= 11 is 2.22. The van der Waals surface area contributed by atoms with E-state index < -0.39 is 0 Å². The van der Waals surface area contributed by atoms with Gasteiger partial charge >= 0.3 is 46.8 Å². The van der Waals surface area contributed by atoms with E-state index in [0.29, 0.717) is 5.92 Å². The maximum absolute atomic E-state index is 4.72. The zero-order valence-electron chi connectivity index (χ0n) is 5.03. The predicted octanol–water partition coefficient (Wildman–Crippen LogP) is -5.25. The predicted molar refractivity (Wildman–Crippen MR) is 26.5 cm³/mol. The molecule has 0 spiro atoms. The molecule has 0 unspecified atom stereocenters. The molecule has 0 amide bonds. The van der Waals surface area contributed by atoms with Gasteiger partial charge in [-0.25, -0.2) is 0 Å². The molecule has 0 aliphatic rings. The maximum Gasteiger partial charge on any atom is -1.00 e. The van der Waals surface area contributed by atoms with Gasteiger partial charge in [-0.05, 0) is 0 Å². The summed E-state index contributed by atoms with van der Waals surface area (Å²) in [6.45, 7) is 5.07. The molecule has 0 aromatic rings. The van der Waals surface area contributed by atoms with Crippen LogP contribution in [0.4, 0.5) is 0 Å². The Morgan fingerprint density at radius 1 is 1.38 bits per heavy atom. The van der Waals surface area contributed by atoms with Crippen LogP contribution in [0.2, 0.25) is 0 Å². The number of rotatable bonds is 2. The molecule has 48 valence electrons. The average molecular weight is 171 g/mol. The van der Waals surface area contributed by atoms with E-state index in [4.69, 9.17) is 3.79 Å². The average Bonchev–Trinajstić information content (AvgIpc) is 1.35. The normalized spacial score (nSPS) is 7.62. The van der Waals surface area contributed by atoms with Crippen LogP contribution in [0, 0.1) is 5.92 Å². The van der Waals surface area contributed by atoms with Crippen LogP contribution in [-0.2, 0) is 3.79 Å². The van der Waals surface area contributed by atoms with Crippen LogP contribution in [-0.4, -0.2) is 23.2 Å². The second-order valence-electron chi connectivity index (χ2n) is 1.73. The van der Waals surface area contributed by atoms with Crippen LogP contribution in [0.5, 0.6) is 0 Å². The first-order valence-corrected chi connectivity index (χ1v) is 2.56. The third kappa shape index (κ3) is 15.7. The Morgan fingerprint density at radius 3 is 1.75 bits per heavy atom. The van der Waals surface area contributed by atoms with Crippen molar-refractivity contribution in [3.05, 3.63) is 0 Å². The molecule has 1 nitrogen and oxygen atoms in total. The summed E-state index contributed by atoms with van der Waals surface area (Å²) in [4.78, 5) is 0. The monoisotopic (exact) mass is 170 g/mol. The summed E-state index contributed by atoms with van der Waals surface area (Å²) in [6, 6.07) is 0. The first-order chi connectivity index (χ1) is 2.77. The van der Waals surface area contributed by atoms with Crippen molar-refractivity contribution in [1.29, 1.82) is 0 Å². The van der Waals surface area contributed by atoms with E-state index >= 15 is 0 Å². The van der Waals surface area contributed by atoms with Crippen molar-refractivity contribution in [1.82, 2.24) is 0 Å². The summed E-state index contributed by atoms with van der Waals surface area (Å²) in [5.41, 5.74) is 0. The number of halogens is 2. The van der Waals surface area contributed by atoms with Crippen LogP contribution in [0.25, 0.3) is 0 Å². The Labute approximate surface area is 71.8 Å². The van der Waals surface area contributed by atoms with Gasteiger partial charge in [0.1, 0.15) is 0 Å². The number of hydrogen-bond acceptors (Lipinski definition) is 1. The SMILES string of the molecule is CC(C)C[O][Al+2].[Cl-].[Cl-]. The second kappa shape index (κ2) is 11.0. The fourth-order valence-corrected chi connectivity index (χ4v) is 0.577. The molecule has 0 aliphatic carbocycles. The smallest absolute Gasteiger partial charge is 1.00 e. The van der Waals surface area contributed by atoms with Gasteiger partial charge in [-0.1, -0.05) is 0 Å². The van der Waals surface area contributed by atoms with Crippen LogP contribution < -0.4 is 24.8 Å². The van der Waals surface area contributed by atoms with Crippen molar-refractivity contribution >= 4 is 16.6 Å². The molecule has 0 saturated carbocycles. The molecule has 0 saturated heterocycles. The van der Waals surface area contributed by atoms with Crippen LogP contribution in [0.1, 0.15) is 13.8 Å². The van der Waals surface area contributed by atoms with E-state index in [1.807, 2.05) is 0 Å². The molecule has 0 N–H and O–H groups in total. The van der Waals surface area contributed by atoms with E-state index in [2.05, 4.69) is 30.5 Å². The fourth-order valence-electron chi connectivity index (χ4n) is 0.192. The third-order valence-corrected chi connectivity index (χ3v) is 0.622. The Balaban J connectivity index is -0.000000125. The molecule has 4 heteroatoms. The van der Waals surface area contributed by atoms with E-state index in [-0.39, 0.29) is 24.8 Å². The van der Waals surface area contributed by atoms with E-state index in [0.717, 1.165) is 6.61 Å². The Hall–Kier alpha value is 1.07. The quantitative estimate of drug-likeness (QED) is 0.377. The van der Waals surface area contributed by atoms with Gasteiger partial charge in [-0.15, -0.1) is 0 Å². The fraction of sp³-hybridized carbons (Fsp3) is 1.00. The maximum atomic E-state index is 4.72. The standard InChI is InChI=1S/C4H9O.Al.2ClH/c1-4(2)3-5;;;/h4H,3H2,1-2H3;;2*1H/q-1;+3;;/p-2. The molecule has 8 heavy (non-hydrogen) atoms. The van der Waals surface area contributed by atoms with Crippen LogP contribution in [0.15, 0.2) is 0 Å². The molecule has 0 fully saturated rings. The van der Waals surface area contributed by atoms with Crippen molar-refractivity contribution in [3.8, 4) is 0 Å². The minimum Gasteiger partial charge on any atom is -1.00 e. The molecule has 0 aromatic heterocycles. The van der Waals surface area contributed by atoms with Crippen molar-refractivity contribution in [2.75, 3.05) is 6.61 Å². The van der Waals surface area contributed by atoms with Gasteiger partial charge in [0.25, 0.3) is 0 Å². The van der Waals surface area contributed by atoms with Gasteiger partial charge in [0.2, 0.25) is 0 Å². The summed E-state index contributed by atoms with van der Waals surface area (Å²) < 4.78 is 4.72. The number of hydrogen-bond donors (Lipinski definition) is 0. The Morgan fingerprint density at radius 2 is 1.75 bits per heavy atom. The second-order valence-corrected chi connectivity index (χ2v) is 2.06. The molecular formula is C4H9AlCl2O. The van der Waals surface area contributed by atoms with Crippen molar-refractivity contribution in [3.63, 3.8) is 0 Å². The zero-order chi connectivity index (χ0) is 4.99. The van der Waals surface area contributed by atoms with Crippen molar-refractivity contribution < 1.29 is 28.6 Å². The van der Waals surface area contributed by atoms with Gasteiger partial charge in [-0.2, -0.15) is 0 Å². The molecular weight excluding hydrogens is 162 g/mol. The van der Waals surface area contributed by atoms with Gasteiger partial charge in [0, 0.05) is 0 Å². The molecule has 0 bridgehead atoms. The largest absolute Gasteiger partial charge is 1.00 e. The summed E-state index contributed by atoms with van der Waals surface area (Å²) in [6.07, 6.45) is 0.